The second kappa shape index (κ2) is 3.96. The molecule has 5 heteroatoms. The summed E-state index contributed by atoms with van der Waals surface area (Å²) in [6.07, 6.45) is -3.07. The molecule has 1 fully saturated rings. The molecular formula is C10H18FNO3. The summed E-state index contributed by atoms with van der Waals surface area (Å²) in [5.74, 6) is 0. The van der Waals surface area contributed by atoms with Crippen LogP contribution >= 0.6 is 0 Å². The van der Waals surface area contributed by atoms with E-state index in [1.165, 1.54) is 4.90 Å². The number of amides is 1. The van der Waals surface area contributed by atoms with Crippen molar-refractivity contribution in [3.8, 4) is 0 Å². The van der Waals surface area contributed by atoms with Gasteiger partial charge >= 0.3 is 6.09 Å². The van der Waals surface area contributed by atoms with Gasteiger partial charge < -0.3 is 9.84 Å². The summed E-state index contributed by atoms with van der Waals surface area (Å²) in [6.45, 7) is 6.79. The van der Waals surface area contributed by atoms with Gasteiger partial charge in [0.05, 0.1) is 12.6 Å². The minimum atomic E-state index is -1.39. The van der Waals surface area contributed by atoms with E-state index in [0.29, 0.717) is 0 Å². The van der Waals surface area contributed by atoms with Gasteiger partial charge in [-0.2, -0.15) is 0 Å². The molecule has 1 aliphatic heterocycles. The number of hydrogen-bond acceptors (Lipinski definition) is 3. The first kappa shape index (κ1) is 12.2. The Hall–Kier alpha value is -0.840. The Bertz CT molecular complexity index is 252. The van der Waals surface area contributed by atoms with Gasteiger partial charge in [-0.1, -0.05) is 0 Å². The molecule has 1 saturated heterocycles. The van der Waals surface area contributed by atoms with Crippen LogP contribution in [0.15, 0.2) is 0 Å². The van der Waals surface area contributed by atoms with E-state index in [-0.39, 0.29) is 6.54 Å². The van der Waals surface area contributed by atoms with Gasteiger partial charge in [0.2, 0.25) is 0 Å². The highest BCUT2D eigenvalue weighted by Gasteiger charge is 2.42. The molecule has 1 heterocycles. The number of rotatable bonds is 0. The van der Waals surface area contributed by atoms with Crippen LogP contribution in [-0.2, 0) is 4.74 Å². The lowest BCUT2D eigenvalue weighted by Crippen LogP contribution is -2.40. The Labute approximate surface area is 89.0 Å². The molecule has 4 nitrogen and oxygen atoms in total. The highest BCUT2D eigenvalue weighted by molar-refractivity contribution is 5.69. The summed E-state index contributed by atoms with van der Waals surface area (Å²) in [5.41, 5.74) is -0.601. The van der Waals surface area contributed by atoms with E-state index in [1.54, 1.807) is 27.7 Å². The summed E-state index contributed by atoms with van der Waals surface area (Å²) >= 11 is 0. The maximum atomic E-state index is 13.3. The molecule has 0 aliphatic carbocycles. The number of nitrogens with zero attached hydrogens (tertiary/aromatic N) is 1. The molecule has 0 aromatic carbocycles. The van der Waals surface area contributed by atoms with Crippen LogP contribution in [0.5, 0.6) is 0 Å². The summed E-state index contributed by atoms with van der Waals surface area (Å²) < 4.78 is 18.4. The first-order valence-electron chi connectivity index (χ1n) is 5.04. The predicted octanol–water partition coefficient (Wildman–Crippen LogP) is 1.32. The maximum Gasteiger partial charge on any atom is 0.410 e. The van der Waals surface area contributed by atoms with Crippen molar-refractivity contribution in [1.82, 2.24) is 4.90 Å². The number of aliphatic hydroxyl groups is 1. The average Bonchev–Trinajstić information content (AvgIpc) is 2.30. The van der Waals surface area contributed by atoms with Crippen LogP contribution in [0, 0.1) is 0 Å². The lowest BCUT2D eigenvalue weighted by molar-refractivity contribution is 0.0209. The number of β-amino-alcohol motifs (C(OH)–C–C–N with tert-alkyl or cyclic N) is 1. The summed E-state index contributed by atoms with van der Waals surface area (Å²) in [7, 11) is 0. The van der Waals surface area contributed by atoms with Crippen LogP contribution < -0.4 is 0 Å². The second-order valence-electron chi connectivity index (χ2n) is 4.89. The highest BCUT2D eigenvalue weighted by Crippen LogP contribution is 2.23. The quantitative estimate of drug-likeness (QED) is 0.668. The molecule has 1 N–H and O–H groups in total. The van der Waals surface area contributed by atoms with E-state index in [4.69, 9.17) is 4.74 Å². The number of alkyl halides is 1. The number of hydrogen-bond donors (Lipinski definition) is 1. The molecule has 88 valence electrons. The van der Waals surface area contributed by atoms with Gasteiger partial charge in [-0.25, -0.2) is 9.18 Å². The average molecular weight is 219 g/mol. The van der Waals surface area contributed by atoms with Gasteiger partial charge in [-0.3, -0.25) is 4.90 Å². The van der Waals surface area contributed by atoms with Crippen molar-refractivity contribution in [2.24, 2.45) is 0 Å². The van der Waals surface area contributed by atoms with E-state index in [2.05, 4.69) is 0 Å². The first-order chi connectivity index (χ1) is 6.72. The highest BCUT2D eigenvalue weighted by atomic mass is 19.1. The molecule has 0 bridgehead atoms. The van der Waals surface area contributed by atoms with E-state index < -0.39 is 30.0 Å². The summed E-state index contributed by atoms with van der Waals surface area (Å²) in [5, 5.41) is 9.26. The van der Waals surface area contributed by atoms with Crippen molar-refractivity contribution >= 4 is 6.09 Å². The Balaban J connectivity index is 2.62. The molecule has 0 spiro atoms. The zero-order valence-electron chi connectivity index (χ0n) is 9.53. The van der Waals surface area contributed by atoms with Gasteiger partial charge in [0.15, 0.2) is 0 Å². The first-order valence-corrected chi connectivity index (χ1v) is 5.04. The molecule has 0 aromatic rings. The Morgan fingerprint density at radius 1 is 1.53 bits per heavy atom. The smallest absolute Gasteiger partial charge is 0.410 e. The van der Waals surface area contributed by atoms with E-state index in [1.807, 2.05) is 0 Å². The third-order valence-electron chi connectivity index (χ3n) is 2.33. The maximum absolute atomic E-state index is 13.3. The van der Waals surface area contributed by atoms with Crippen molar-refractivity contribution < 1.29 is 19.0 Å². The van der Waals surface area contributed by atoms with Crippen LogP contribution in [0.25, 0.3) is 0 Å². The molecule has 0 aromatic heterocycles. The zero-order valence-corrected chi connectivity index (χ0v) is 9.53. The fourth-order valence-electron chi connectivity index (χ4n) is 1.52. The molecule has 0 radical (unpaired) electrons. The van der Waals surface area contributed by atoms with Crippen molar-refractivity contribution in [3.05, 3.63) is 0 Å². The number of ether oxygens (including phenoxy) is 1. The number of aliphatic hydroxyl groups excluding tert-OH is 1. The second-order valence-corrected chi connectivity index (χ2v) is 4.89. The third kappa shape index (κ3) is 2.81. The lowest BCUT2D eigenvalue weighted by Gasteiger charge is -2.26. The van der Waals surface area contributed by atoms with Crippen molar-refractivity contribution in [1.29, 1.82) is 0 Å². The van der Waals surface area contributed by atoms with Crippen LogP contribution in [-0.4, -0.2) is 46.6 Å². The fraction of sp³-hybridized carbons (Fsp3) is 0.900. The Morgan fingerprint density at radius 3 is 2.40 bits per heavy atom. The molecule has 1 rings (SSSR count). The third-order valence-corrected chi connectivity index (χ3v) is 2.33. The van der Waals surface area contributed by atoms with E-state index in [9.17, 15) is 14.3 Å². The van der Waals surface area contributed by atoms with Gasteiger partial charge in [0.1, 0.15) is 17.9 Å². The number of halogens is 1. The van der Waals surface area contributed by atoms with Crippen LogP contribution in [0.4, 0.5) is 9.18 Å². The van der Waals surface area contributed by atoms with Crippen LogP contribution in [0.3, 0.4) is 0 Å². The fourth-order valence-corrected chi connectivity index (χ4v) is 1.52. The topological polar surface area (TPSA) is 49.8 Å². The van der Waals surface area contributed by atoms with Crippen molar-refractivity contribution in [2.45, 2.75) is 51.6 Å². The minimum Gasteiger partial charge on any atom is -0.444 e. The molecule has 0 saturated carbocycles. The number of likely N-dealkylation sites (tertiary alicyclic amines) is 1. The predicted molar refractivity (Wildman–Crippen MR) is 53.3 cm³/mol. The number of carbonyl (C=O) groups excluding carboxylic acids is 1. The molecule has 1 aliphatic rings. The monoisotopic (exact) mass is 219 g/mol. The van der Waals surface area contributed by atoms with E-state index >= 15 is 0 Å². The molecule has 3 atom stereocenters. The van der Waals surface area contributed by atoms with E-state index in [0.717, 1.165) is 0 Å². The largest absolute Gasteiger partial charge is 0.444 e. The van der Waals surface area contributed by atoms with Crippen molar-refractivity contribution in [3.63, 3.8) is 0 Å². The Morgan fingerprint density at radius 2 is 2.07 bits per heavy atom. The van der Waals surface area contributed by atoms with Crippen molar-refractivity contribution in [2.75, 3.05) is 6.54 Å². The number of carbonyl (C=O) groups is 1. The lowest BCUT2D eigenvalue weighted by atomic mass is 10.2. The van der Waals surface area contributed by atoms with Gasteiger partial charge in [0, 0.05) is 0 Å². The molecule has 0 unspecified atom stereocenters. The standard InChI is InChI=1S/C10H18FNO3/c1-6-8(11)7(13)5-12(6)9(14)15-10(2,3)4/h6-8,13H,5H2,1-4H3/t6-,7-,8-/m1/s1. The molecular weight excluding hydrogens is 201 g/mol. The Kier molecular flexibility index (Phi) is 3.23. The van der Waals surface area contributed by atoms with Crippen LogP contribution in [0.2, 0.25) is 0 Å². The summed E-state index contributed by atoms with van der Waals surface area (Å²) in [6, 6.07) is -0.630. The summed E-state index contributed by atoms with van der Waals surface area (Å²) in [4.78, 5) is 12.8. The molecule has 15 heavy (non-hydrogen) atoms. The zero-order chi connectivity index (χ0) is 11.8. The normalized spacial score (nSPS) is 31.9. The van der Waals surface area contributed by atoms with Crippen LogP contribution in [0.1, 0.15) is 27.7 Å². The van der Waals surface area contributed by atoms with Gasteiger partial charge in [-0.05, 0) is 27.7 Å². The van der Waals surface area contributed by atoms with Gasteiger partial charge in [0.25, 0.3) is 0 Å². The minimum absolute atomic E-state index is 0.00273. The van der Waals surface area contributed by atoms with Gasteiger partial charge in [-0.15, -0.1) is 0 Å². The molecule has 1 amide bonds. The SMILES string of the molecule is C[C@@H]1[C@@H](F)[C@H](O)CN1C(=O)OC(C)(C)C.